The zero-order valence-corrected chi connectivity index (χ0v) is 9.84. The van der Waals surface area contributed by atoms with Crippen LogP contribution in [0.2, 0.25) is 0 Å². The second kappa shape index (κ2) is 4.97. The van der Waals surface area contributed by atoms with Gasteiger partial charge in [-0.2, -0.15) is 0 Å². The van der Waals surface area contributed by atoms with Gasteiger partial charge in [0.05, 0.1) is 0 Å². The SMILES string of the molecule is Cc1cccc(C(N)Cn2ccc(=O)cc2)c1. The highest BCUT2D eigenvalue weighted by Gasteiger charge is 2.05. The fourth-order valence-electron chi connectivity index (χ4n) is 1.80. The number of benzene rings is 1. The van der Waals surface area contributed by atoms with Gasteiger partial charge in [-0.1, -0.05) is 29.8 Å². The Balaban J connectivity index is 2.14. The average Bonchev–Trinajstić information content (AvgIpc) is 2.32. The van der Waals surface area contributed by atoms with Crippen LogP contribution in [0.4, 0.5) is 0 Å². The van der Waals surface area contributed by atoms with Crippen LogP contribution in [-0.2, 0) is 6.54 Å². The number of pyridine rings is 1. The Hall–Kier alpha value is -1.87. The summed E-state index contributed by atoms with van der Waals surface area (Å²) >= 11 is 0. The molecule has 1 aromatic heterocycles. The molecule has 0 fully saturated rings. The first kappa shape index (κ1) is 11.6. The average molecular weight is 228 g/mol. The van der Waals surface area contributed by atoms with Crippen LogP contribution in [0.25, 0.3) is 0 Å². The molecule has 0 spiro atoms. The van der Waals surface area contributed by atoms with E-state index in [9.17, 15) is 4.79 Å². The summed E-state index contributed by atoms with van der Waals surface area (Å²) in [6.07, 6.45) is 3.52. The minimum absolute atomic E-state index is 0.0189. The summed E-state index contributed by atoms with van der Waals surface area (Å²) < 4.78 is 1.92. The van der Waals surface area contributed by atoms with Gasteiger partial charge < -0.3 is 10.3 Å². The molecule has 3 heteroatoms. The predicted octanol–water partition coefficient (Wildman–Crippen LogP) is 1.86. The molecule has 1 heterocycles. The second-order valence-electron chi connectivity index (χ2n) is 4.25. The van der Waals surface area contributed by atoms with E-state index in [1.54, 1.807) is 24.5 Å². The third kappa shape index (κ3) is 3.04. The van der Waals surface area contributed by atoms with Crippen molar-refractivity contribution >= 4 is 0 Å². The monoisotopic (exact) mass is 228 g/mol. The molecular formula is C14H16N2O. The number of nitrogens with zero attached hydrogens (tertiary/aromatic N) is 1. The van der Waals surface area contributed by atoms with Crippen LogP contribution in [0, 0.1) is 6.92 Å². The Kier molecular flexibility index (Phi) is 3.40. The summed E-state index contributed by atoms with van der Waals surface area (Å²) in [5.74, 6) is 0. The second-order valence-corrected chi connectivity index (χ2v) is 4.25. The molecule has 2 N–H and O–H groups in total. The number of hydrogen-bond acceptors (Lipinski definition) is 2. The number of hydrogen-bond donors (Lipinski definition) is 1. The highest BCUT2D eigenvalue weighted by atomic mass is 16.1. The van der Waals surface area contributed by atoms with Gasteiger partial charge in [0, 0.05) is 37.1 Å². The molecule has 0 aliphatic rings. The van der Waals surface area contributed by atoms with Crippen molar-refractivity contribution in [1.29, 1.82) is 0 Å². The summed E-state index contributed by atoms with van der Waals surface area (Å²) in [6.45, 7) is 2.72. The van der Waals surface area contributed by atoms with E-state index in [0.29, 0.717) is 6.54 Å². The number of nitrogens with two attached hydrogens (primary N) is 1. The summed E-state index contributed by atoms with van der Waals surface area (Å²) in [5.41, 5.74) is 8.47. The highest BCUT2D eigenvalue weighted by molar-refractivity contribution is 5.24. The maximum atomic E-state index is 11.0. The van der Waals surface area contributed by atoms with Crippen LogP contribution in [0.1, 0.15) is 17.2 Å². The topological polar surface area (TPSA) is 48.0 Å². The van der Waals surface area contributed by atoms with Crippen molar-refractivity contribution in [2.75, 3.05) is 0 Å². The minimum atomic E-state index is -0.0580. The molecule has 1 unspecified atom stereocenters. The lowest BCUT2D eigenvalue weighted by atomic mass is 10.1. The van der Waals surface area contributed by atoms with Gasteiger partial charge in [-0.3, -0.25) is 4.79 Å². The van der Waals surface area contributed by atoms with Gasteiger partial charge in [-0.25, -0.2) is 0 Å². The Morgan fingerprint density at radius 3 is 2.59 bits per heavy atom. The van der Waals surface area contributed by atoms with E-state index in [2.05, 4.69) is 19.1 Å². The summed E-state index contributed by atoms with van der Waals surface area (Å²) in [4.78, 5) is 11.0. The summed E-state index contributed by atoms with van der Waals surface area (Å²) in [5, 5.41) is 0. The zero-order chi connectivity index (χ0) is 12.3. The molecule has 2 rings (SSSR count). The first-order valence-electron chi connectivity index (χ1n) is 5.63. The van der Waals surface area contributed by atoms with Crippen molar-refractivity contribution in [3.05, 3.63) is 70.1 Å². The quantitative estimate of drug-likeness (QED) is 0.871. The summed E-state index contributed by atoms with van der Waals surface area (Å²) in [7, 11) is 0. The van der Waals surface area contributed by atoms with Crippen LogP contribution in [0.3, 0.4) is 0 Å². The van der Waals surface area contributed by atoms with E-state index in [1.807, 2.05) is 16.7 Å². The lowest BCUT2D eigenvalue weighted by Crippen LogP contribution is -2.18. The minimum Gasteiger partial charge on any atom is -0.352 e. The molecule has 17 heavy (non-hydrogen) atoms. The fourth-order valence-corrected chi connectivity index (χ4v) is 1.80. The molecule has 0 aliphatic heterocycles. The van der Waals surface area contributed by atoms with Gasteiger partial charge in [-0.05, 0) is 12.5 Å². The van der Waals surface area contributed by atoms with Crippen LogP contribution >= 0.6 is 0 Å². The lowest BCUT2D eigenvalue weighted by molar-refractivity contribution is 0.573. The molecule has 0 bridgehead atoms. The molecule has 0 saturated heterocycles. The van der Waals surface area contributed by atoms with E-state index in [4.69, 9.17) is 5.73 Å². The van der Waals surface area contributed by atoms with Crippen LogP contribution < -0.4 is 11.2 Å². The molecule has 0 amide bonds. The Bertz CT molecular complexity index is 540. The smallest absolute Gasteiger partial charge is 0.181 e. The van der Waals surface area contributed by atoms with E-state index < -0.39 is 0 Å². The highest BCUT2D eigenvalue weighted by Crippen LogP contribution is 2.13. The maximum Gasteiger partial charge on any atom is 0.181 e. The van der Waals surface area contributed by atoms with E-state index >= 15 is 0 Å². The predicted molar refractivity (Wildman–Crippen MR) is 68.8 cm³/mol. The van der Waals surface area contributed by atoms with Gasteiger partial charge in [0.2, 0.25) is 0 Å². The molecule has 0 radical (unpaired) electrons. The first-order valence-corrected chi connectivity index (χ1v) is 5.63. The first-order chi connectivity index (χ1) is 8.15. The molecule has 1 atom stereocenters. The van der Waals surface area contributed by atoms with E-state index in [-0.39, 0.29) is 11.5 Å². The number of aryl methyl sites for hydroxylation is 1. The standard InChI is InChI=1S/C14H16N2O/c1-11-3-2-4-12(9-11)14(15)10-16-7-5-13(17)6-8-16/h2-9,14H,10,15H2,1H3. The third-order valence-corrected chi connectivity index (χ3v) is 2.74. The maximum absolute atomic E-state index is 11.0. The van der Waals surface area contributed by atoms with Gasteiger partial charge >= 0.3 is 0 Å². The normalized spacial score (nSPS) is 12.4. The van der Waals surface area contributed by atoms with Crippen LogP contribution in [-0.4, -0.2) is 4.57 Å². The summed E-state index contributed by atoms with van der Waals surface area (Å²) in [6, 6.07) is 11.2. The van der Waals surface area contributed by atoms with Gasteiger partial charge in [-0.15, -0.1) is 0 Å². The van der Waals surface area contributed by atoms with Crippen molar-refractivity contribution in [2.24, 2.45) is 5.73 Å². The largest absolute Gasteiger partial charge is 0.352 e. The molecule has 0 saturated carbocycles. The Labute approximate surface area is 101 Å². The van der Waals surface area contributed by atoms with Crippen molar-refractivity contribution in [3.8, 4) is 0 Å². The number of aromatic nitrogens is 1. The molecule has 0 aliphatic carbocycles. The molecule has 2 aromatic rings. The van der Waals surface area contributed by atoms with Gasteiger partial charge in [0.1, 0.15) is 0 Å². The van der Waals surface area contributed by atoms with Gasteiger partial charge in [0.15, 0.2) is 5.43 Å². The van der Waals surface area contributed by atoms with Crippen molar-refractivity contribution in [2.45, 2.75) is 19.5 Å². The zero-order valence-electron chi connectivity index (χ0n) is 9.84. The Morgan fingerprint density at radius 2 is 1.94 bits per heavy atom. The van der Waals surface area contributed by atoms with Crippen LogP contribution in [0.15, 0.2) is 53.6 Å². The van der Waals surface area contributed by atoms with Gasteiger partial charge in [0.25, 0.3) is 0 Å². The van der Waals surface area contributed by atoms with Crippen molar-refractivity contribution < 1.29 is 0 Å². The molecule has 88 valence electrons. The third-order valence-electron chi connectivity index (χ3n) is 2.74. The van der Waals surface area contributed by atoms with E-state index in [0.717, 1.165) is 5.56 Å². The number of rotatable bonds is 3. The van der Waals surface area contributed by atoms with Crippen molar-refractivity contribution in [3.63, 3.8) is 0 Å². The Morgan fingerprint density at radius 1 is 1.24 bits per heavy atom. The van der Waals surface area contributed by atoms with Crippen molar-refractivity contribution in [1.82, 2.24) is 4.57 Å². The molecular weight excluding hydrogens is 212 g/mol. The van der Waals surface area contributed by atoms with E-state index in [1.165, 1.54) is 5.56 Å². The van der Waals surface area contributed by atoms with Crippen LogP contribution in [0.5, 0.6) is 0 Å². The molecule has 3 nitrogen and oxygen atoms in total. The molecule has 1 aromatic carbocycles. The fraction of sp³-hybridized carbons (Fsp3) is 0.214. The lowest BCUT2D eigenvalue weighted by Gasteiger charge is -2.14.